The largest absolute Gasteiger partial charge is 0.344 e. The van der Waals surface area contributed by atoms with Gasteiger partial charge in [-0.3, -0.25) is 14.6 Å². The molecule has 5 heteroatoms. The standard InChI is InChI=1S/C22H21N3O2/c1-16(17-9-5-3-6-10-17)24-21(26)20-15-18(13-14-23-20)22(27)25(2)19-11-7-4-8-12-19/h3-16H,1-2H3,(H,24,26). The first kappa shape index (κ1) is 18.3. The summed E-state index contributed by atoms with van der Waals surface area (Å²) in [5.74, 6) is -0.517. The van der Waals surface area contributed by atoms with Crippen LogP contribution in [0, 0.1) is 0 Å². The summed E-state index contributed by atoms with van der Waals surface area (Å²) >= 11 is 0. The summed E-state index contributed by atoms with van der Waals surface area (Å²) in [6.07, 6.45) is 1.48. The number of pyridine rings is 1. The summed E-state index contributed by atoms with van der Waals surface area (Å²) in [4.78, 5) is 30.9. The lowest BCUT2D eigenvalue weighted by Crippen LogP contribution is -2.29. The Labute approximate surface area is 158 Å². The number of hydrogen-bond acceptors (Lipinski definition) is 3. The van der Waals surface area contributed by atoms with Crippen LogP contribution in [-0.4, -0.2) is 23.8 Å². The number of aromatic nitrogens is 1. The van der Waals surface area contributed by atoms with Crippen LogP contribution in [0.5, 0.6) is 0 Å². The normalized spacial score (nSPS) is 11.5. The van der Waals surface area contributed by atoms with Crippen molar-refractivity contribution >= 4 is 17.5 Å². The molecule has 1 aromatic heterocycles. The number of carbonyl (C=O) groups is 2. The summed E-state index contributed by atoms with van der Waals surface area (Å²) in [6.45, 7) is 1.91. The lowest BCUT2D eigenvalue weighted by Gasteiger charge is -2.18. The van der Waals surface area contributed by atoms with Crippen molar-refractivity contribution in [3.63, 3.8) is 0 Å². The summed E-state index contributed by atoms with van der Waals surface area (Å²) in [7, 11) is 1.70. The molecule has 2 aromatic carbocycles. The van der Waals surface area contributed by atoms with Gasteiger partial charge in [-0.15, -0.1) is 0 Å². The average molecular weight is 359 g/mol. The Morgan fingerprint density at radius 2 is 1.59 bits per heavy atom. The summed E-state index contributed by atoms with van der Waals surface area (Å²) in [5.41, 5.74) is 2.41. The zero-order chi connectivity index (χ0) is 19.2. The highest BCUT2D eigenvalue weighted by molar-refractivity contribution is 6.07. The number of anilines is 1. The molecular weight excluding hydrogens is 338 g/mol. The number of nitrogens with zero attached hydrogens (tertiary/aromatic N) is 2. The van der Waals surface area contributed by atoms with Crippen LogP contribution in [0.3, 0.4) is 0 Å². The highest BCUT2D eigenvalue weighted by Gasteiger charge is 2.17. The molecule has 27 heavy (non-hydrogen) atoms. The first-order chi connectivity index (χ1) is 13.1. The number of para-hydroxylation sites is 1. The Bertz CT molecular complexity index is 927. The number of hydrogen-bond donors (Lipinski definition) is 1. The SMILES string of the molecule is CC(NC(=O)c1cc(C(=O)N(C)c2ccccc2)ccn1)c1ccccc1. The fourth-order valence-corrected chi connectivity index (χ4v) is 2.75. The Balaban J connectivity index is 1.75. The van der Waals surface area contributed by atoms with Crippen LogP contribution in [0.25, 0.3) is 0 Å². The lowest BCUT2D eigenvalue weighted by atomic mass is 10.1. The van der Waals surface area contributed by atoms with E-state index in [1.165, 1.54) is 12.3 Å². The van der Waals surface area contributed by atoms with Crippen molar-refractivity contribution in [1.82, 2.24) is 10.3 Å². The number of carbonyl (C=O) groups excluding carboxylic acids is 2. The minimum absolute atomic E-state index is 0.160. The van der Waals surface area contributed by atoms with Gasteiger partial charge in [-0.25, -0.2) is 0 Å². The summed E-state index contributed by atoms with van der Waals surface area (Å²) in [6, 6.07) is 22.0. The quantitative estimate of drug-likeness (QED) is 0.753. The van der Waals surface area contributed by atoms with Gasteiger partial charge in [0.15, 0.2) is 0 Å². The van der Waals surface area contributed by atoms with Crippen LogP contribution in [0.15, 0.2) is 79.0 Å². The third kappa shape index (κ3) is 4.39. The summed E-state index contributed by atoms with van der Waals surface area (Å²) < 4.78 is 0. The molecule has 0 saturated heterocycles. The van der Waals surface area contributed by atoms with Crippen molar-refractivity contribution in [2.45, 2.75) is 13.0 Å². The molecular formula is C22H21N3O2. The Hall–Kier alpha value is -3.47. The minimum atomic E-state index is -0.316. The maximum Gasteiger partial charge on any atom is 0.270 e. The smallest absolute Gasteiger partial charge is 0.270 e. The second-order valence-corrected chi connectivity index (χ2v) is 6.24. The molecule has 1 unspecified atom stereocenters. The maximum atomic E-state index is 12.7. The first-order valence-electron chi connectivity index (χ1n) is 8.71. The van der Waals surface area contributed by atoms with Gasteiger partial charge in [0.05, 0.1) is 6.04 Å². The van der Waals surface area contributed by atoms with E-state index in [0.29, 0.717) is 5.56 Å². The summed E-state index contributed by atoms with van der Waals surface area (Å²) in [5, 5.41) is 2.91. The van der Waals surface area contributed by atoms with Gasteiger partial charge < -0.3 is 10.2 Å². The maximum absolute atomic E-state index is 12.7. The van der Waals surface area contributed by atoms with Crippen molar-refractivity contribution in [2.24, 2.45) is 0 Å². The average Bonchev–Trinajstić information content (AvgIpc) is 2.74. The van der Waals surface area contributed by atoms with Crippen LogP contribution < -0.4 is 10.2 Å². The van der Waals surface area contributed by atoms with Gasteiger partial charge in [-0.05, 0) is 36.8 Å². The van der Waals surface area contributed by atoms with Gasteiger partial charge in [0, 0.05) is 24.5 Å². The van der Waals surface area contributed by atoms with Crippen molar-refractivity contribution < 1.29 is 9.59 Å². The third-order valence-electron chi connectivity index (χ3n) is 4.33. The molecule has 2 amide bonds. The third-order valence-corrected chi connectivity index (χ3v) is 4.33. The fraction of sp³-hybridized carbons (Fsp3) is 0.136. The molecule has 1 N–H and O–H groups in total. The van der Waals surface area contributed by atoms with E-state index in [-0.39, 0.29) is 23.6 Å². The zero-order valence-electron chi connectivity index (χ0n) is 15.3. The molecule has 136 valence electrons. The molecule has 0 spiro atoms. The lowest BCUT2D eigenvalue weighted by molar-refractivity contribution is 0.0935. The molecule has 0 aliphatic carbocycles. The topological polar surface area (TPSA) is 62.3 Å². The molecule has 0 aliphatic rings. The second kappa shape index (κ2) is 8.27. The molecule has 3 rings (SSSR count). The van der Waals surface area contributed by atoms with Gasteiger partial charge in [-0.1, -0.05) is 48.5 Å². The zero-order valence-corrected chi connectivity index (χ0v) is 15.3. The number of benzene rings is 2. The second-order valence-electron chi connectivity index (χ2n) is 6.24. The van der Waals surface area contributed by atoms with E-state index >= 15 is 0 Å². The van der Waals surface area contributed by atoms with E-state index in [9.17, 15) is 9.59 Å². The van der Waals surface area contributed by atoms with E-state index in [0.717, 1.165) is 11.3 Å². The highest BCUT2D eigenvalue weighted by atomic mass is 16.2. The van der Waals surface area contributed by atoms with Crippen molar-refractivity contribution in [2.75, 3.05) is 11.9 Å². The van der Waals surface area contributed by atoms with E-state index < -0.39 is 0 Å². The number of amides is 2. The fourth-order valence-electron chi connectivity index (χ4n) is 2.75. The van der Waals surface area contributed by atoms with Gasteiger partial charge in [0.1, 0.15) is 5.69 Å². The molecule has 0 bridgehead atoms. The van der Waals surface area contributed by atoms with E-state index in [2.05, 4.69) is 10.3 Å². The molecule has 3 aromatic rings. The van der Waals surface area contributed by atoms with Gasteiger partial charge >= 0.3 is 0 Å². The first-order valence-corrected chi connectivity index (χ1v) is 8.71. The number of nitrogens with one attached hydrogen (secondary N) is 1. The minimum Gasteiger partial charge on any atom is -0.344 e. The van der Waals surface area contributed by atoms with Crippen molar-refractivity contribution in [3.8, 4) is 0 Å². The highest BCUT2D eigenvalue weighted by Crippen LogP contribution is 2.16. The van der Waals surface area contributed by atoms with Crippen LogP contribution in [0.4, 0.5) is 5.69 Å². The van der Waals surface area contributed by atoms with Crippen molar-refractivity contribution in [3.05, 3.63) is 95.8 Å². The number of rotatable bonds is 5. The van der Waals surface area contributed by atoms with Gasteiger partial charge in [0.2, 0.25) is 0 Å². The van der Waals surface area contributed by atoms with Crippen LogP contribution in [0.2, 0.25) is 0 Å². The molecule has 0 aliphatic heterocycles. The Morgan fingerprint density at radius 3 is 2.26 bits per heavy atom. The van der Waals surface area contributed by atoms with E-state index in [1.54, 1.807) is 18.0 Å². The van der Waals surface area contributed by atoms with Gasteiger partial charge in [-0.2, -0.15) is 0 Å². The monoisotopic (exact) mass is 359 g/mol. The predicted molar refractivity (Wildman–Crippen MR) is 106 cm³/mol. The molecule has 0 saturated carbocycles. The molecule has 0 radical (unpaired) electrons. The van der Waals surface area contributed by atoms with E-state index in [1.807, 2.05) is 67.6 Å². The predicted octanol–water partition coefficient (Wildman–Crippen LogP) is 3.85. The molecule has 1 atom stereocenters. The van der Waals surface area contributed by atoms with Crippen LogP contribution in [-0.2, 0) is 0 Å². The molecule has 0 fully saturated rings. The van der Waals surface area contributed by atoms with Crippen LogP contribution >= 0.6 is 0 Å². The van der Waals surface area contributed by atoms with Gasteiger partial charge in [0.25, 0.3) is 11.8 Å². The van der Waals surface area contributed by atoms with Crippen LogP contribution in [0.1, 0.15) is 39.4 Å². The Morgan fingerprint density at radius 1 is 0.963 bits per heavy atom. The van der Waals surface area contributed by atoms with E-state index in [4.69, 9.17) is 0 Å². The molecule has 5 nitrogen and oxygen atoms in total. The Kier molecular flexibility index (Phi) is 5.61. The molecule has 1 heterocycles. The van der Waals surface area contributed by atoms with Crippen molar-refractivity contribution in [1.29, 1.82) is 0 Å².